The summed E-state index contributed by atoms with van der Waals surface area (Å²) < 4.78 is 5.51. The number of hydrogen-bond acceptors (Lipinski definition) is 4. The Labute approximate surface area is 204 Å². The molecule has 4 rings (SSSR count). The summed E-state index contributed by atoms with van der Waals surface area (Å²) in [7, 11) is 0. The number of carboxylic acid groups (broad SMARTS) is 1. The maximum atomic E-state index is 12.4. The second kappa shape index (κ2) is 10.9. The van der Waals surface area contributed by atoms with Crippen molar-refractivity contribution < 1.29 is 24.2 Å². The van der Waals surface area contributed by atoms with E-state index >= 15 is 0 Å². The highest BCUT2D eigenvalue weighted by molar-refractivity contribution is 5.84. The van der Waals surface area contributed by atoms with Crippen molar-refractivity contribution in [2.75, 3.05) is 6.61 Å². The summed E-state index contributed by atoms with van der Waals surface area (Å²) >= 11 is 0. The number of carbonyl (C=O) groups is 3. The molecule has 3 aromatic carbocycles. The van der Waals surface area contributed by atoms with Gasteiger partial charge in [0.1, 0.15) is 12.6 Å². The van der Waals surface area contributed by atoms with E-state index in [0.717, 1.165) is 27.8 Å². The second-order valence-corrected chi connectivity index (χ2v) is 8.72. The number of hydrogen-bond donors (Lipinski definition) is 3. The van der Waals surface area contributed by atoms with Gasteiger partial charge in [0.15, 0.2) is 0 Å². The molecule has 180 valence electrons. The number of carbonyl (C=O) groups excluding carboxylic acids is 2. The minimum atomic E-state index is -1.11. The van der Waals surface area contributed by atoms with Crippen molar-refractivity contribution >= 4 is 18.0 Å². The van der Waals surface area contributed by atoms with Gasteiger partial charge in [-0.1, -0.05) is 78.9 Å². The van der Waals surface area contributed by atoms with Crippen molar-refractivity contribution in [2.45, 2.75) is 37.8 Å². The zero-order valence-electron chi connectivity index (χ0n) is 19.4. The first-order chi connectivity index (χ1) is 16.9. The van der Waals surface area contributed by atoms with Gasteiger partial charge in [0, 0.05) is 24.8 Å². The average molecular weight is 473 g/mol. The third kappa shape index (κ3) is 5.87. The van der Waals surface area contributed by atoms with Crippen molar-refractivity contribution in [3.63, 3.8) is 0 Å². The number of alkyl carbamates (subject to hydrolysis) is 1. The van der Waals surface area contributed by atoms with E-state index in [-0.39, 0.29) is 25.4 Å². The molecule has 3 aromatic rings. The van der Waals surface area contributed by atoms with Crippen LogP contribution >= 0.6 is 0 Å². The van der Waals surface area contributed by atoms with Crippen LogP contribution < -0.4 is 10.6 Å². The Morgan fingerprint density at radius 3 is 2.03 bits per heavy atom. The van der Waals surface area contributed by atoms with E-state index in [4.69, 9.17) is 4.74 Å². The minimum Gasteiger partial charge on any atom is -0.480 e. The first-order valence-corrected chi connectivity index (χ1v) is 11.6. The summed E-state index contributed by atoms with van der Waals surface area (Å²) in [6, 6.07) is 23.7. The number of carboxylic acids is 1. The summed E-state index contributed by atoms with van der Waals surface area (Å²) in [6.45, 7) is 1.85. The van der Waals surface area contributed by atoms with Crippen LogP contribution in [0.5, 0.6) is 0 Å². The Kier molecular flexibility index (Phi) is 7.45. The van der Waals surface area contributed by atoms with Gasteiger partial charge in [0.2, 0.25) is 5.91 Å². The van der Waals surface area contributed by atoms with Crippen LogP contribution in [-0.2, 0) is 20.7 Å². The molecule has 0 heterocycles. The largest absolute Gasteiger partial charge is 0.480 e. The fraction of sp³-hybridized carbons (Fsp3) is 0.250. The zero-order chi connectivity index (χ0) is 24.8. The lowest BCUT2D eigenvalue weighted by Gasteiger charge is -2.19. The molecule has 1 unspecified atom stereocenters. The number of ether oxygens (including phenoxy) is 1. The number of benzene rings is 3. The second-order valence-electron chi connectivity index (χ2n) is 8.72. The molecule has 1 aliphatic rings. The van der Waals surface area contributed by atoms with Gasteiger partial charge in [-0.3, -0.25) is 4.79 Å². The van der Waals surface area contributed by atoms with Crippen LogP contribution in [0.1, 0.15) is 36.0 Å². The Bertz CT molecular complexity index is 1170. The number of nitrogens with one attached hydrogen (secondary N) is 2. The monoisotopic (exact) mass is 472 g/mol. The highest BCUT2D eigenvalue weighted by Crippen LogP contribution is 2.44. The first kappa shape index (κ1) is 24.0. The van der Waals surface area contributed by atoms with Crippen LogP contribution in [0.15, 0.2) is 78.9 Å². The first-order valence-electron chi connectivity index (χ1n) is 11.6. The smallest absolute Gasteiger partial charge is 0.407 e. The summed E-state index contributed by atoms with van der Waals surface area (Å²) in [5.74, 6) is -1.62. The third-order valence-electron chi connectivity index (χ3n) is 6.12. The van der Waals surface area contributed by atoms with E-state index in [0.29, 0.717) is 0 Å². The topological polar surface area (TPSA) is 105 Å². The predicted octanol–water partition coefficient (Wildman–Crippen LogP) is 4.12. The molecule has 0 aliphatic heterocycles. The molecule has 0 radical (unpaired) electrons. The van der Waals surface area contributed by atoms with Gasteiger partial charge in [-0.25, -0.2) is 9.59 Å². The molecule has 3 N–H and O–H groups in total. The van der Waals surface area contributed by atoms with Crippen molar-refractivity contribution in [1.82, 2.24) is 10.6 Å². The third-order valence-corrected chi connectivity index (χ3v) is 6.12. The van der Waals surface area contributed by atoms with Gasteiger partial charge in [-0.05, 0) is 34.7 Å². The van der Waals surface area contributed by atoms with Gasteiger partial charge in [-0.15, -0.1) is 0 Å². The van der Waals surface area contributed by atoms with Crippen LogP contribution in [0, 0.1) is 0 Å². The van der Waals surface area contributed by atoms with E-state index in [1.54, 1.807) is 6.92 Å². The predicted molar refractivity (Wildman–Crippen MR) is 132 cm³/mol. The molecular weight excluding hydrogens is 444 g/mol. The lowest BCUT2D eigenvalue weighted by Crippen LogP contribution is -2.45. The lowest BCUT2D eigenvalue weighted by atomic mass is 9.98. The molecule has 0 fully saturated rings. The van der Waals surface area contributed by atoms with E-state index in [1.807, 2.05) is 66.7 Å². The van der Waals surface area contributed by atoms with Gasteiger partial charge < -0.3 is 20.5 Å². The van der Waals surface area contributed by atoms with Crippen molar-refractivity contribution in [3.05, 3.63) is 95.6 Å². The van der Waals surface area contributed by atoms with Crippen molar-refractivity contribution in [3.8, 4) is 11.1 Å². The molecule has 0 spiro atoms. The SMILES string of the molecule is C[C@@H](CC(=O)NC(Cc1ccccc1)C(=O)O)NC(=O)OCC1c2ccccc2-c2ccccc21. The zero-order valence-corrected chi connectivity index (χ0v) is 19.4. The normalized spacial score (nSPS) is 13.7. The van der Waals surface area contributed by atoms with Crippen molar-refractivity contribution in [2.24, 2.45) is 0 Å². The molecule has 7 nitrogen and oxygen atoms in total. The highest BCUT2D eigenvalue weighted by atomic mass is 16.5. The summed E-state index contributed by atoms with van der Waals surface area (Å²) in [6.07, 6.45) is -0.509. The van der Waals surface area contributed by atoms with Gasteiger partial charge in [0.05, 0.1) is 0 Å². The Morgan fingerprint density at radius 1 is 0.857 bits per heavy atom. The van der Waals surface area contributed by atoms with Crippen LogP contribution in [-0.4, -0.2) is 41.8 Å². The van der Waals surface area contributed by atoms with E-state index < -0.39 is 30.1 Å². The maximum absolute atomic E-state index is 12.4. The van der Waals surface area contributed by atoms with Crippen LogP contribution in [0.2, 0.25) is 0 Å². The minimum absolute atomic E-state index is 0.0546. The van der Waals surface area contributed by atoms with Crippen LogP contribution in [0.4, 0.5) is 4.79 Å². The lowest BCUT2D eigenvalue weighted by molar-refractivity contribution is -0.141. The van der Waals surface area contributed by atoms with Gasteiger partial charge in [-0.2, -0.15) is 0 Å². The molecule has 0 aromatic heterocycles. The molecule has 2 amide bonds. The maximum Gasteiger partial charge on any atom is 0.407 e. The fourth-order valence-corrected chi connectivity index (χ4v) is 4.47. The Hall–Kier alpha value is -4.13. The van der Waals surface area contributed by atoms with Crippen LogP contribution in [0.3, 0.4) is 0 Å². The van der Waals surface area contributed by atoms with Crippen LogP contribution in [0.25, 0.3) is 11.1 Å². The molecule has 0 bridgehead atoms. The summed E-state index contributed by atoms with van der Waals surface area (Å²) in [5.41, 5.74) is 5.33. The Morgan fingerprint density at radius 2 is 1.43 bits per heavy atom. The van der Waals surface area contributed by atoms with Gasteiger partial charge >= 0.3 is 12.1 Å². The quantitative estimate of drug-likeness (QED) is 0.435. The average Bonchev–Trinajstić information content (AvgIpc) is 3.16. The Balaban J connectivity index is 1.28. The molecule has 2 atom stereocenters. The number of rotatable bonds is 9. The summed E-state index contributed by atoms with van der Waals surface area (Å²) in [5, 5.41) is 14.7. The molecule has 7 heteroatoms. The van der Waals surface area contributed by atoms with Gasteiger partial charge in [0.25, 0.3) is 0 Å². The number of amides is 2. The van der Waals surface area contributed by atoms with E-state index in [2.05, 4.69) is 22.8 Å². The standard InChI is InChI=1S/C28H28N2O5/c1-18(15-26(31)30-25(27(32)33)16-19-9-3-2-4-10-19)29-28(34)35-17-24-22-13-7-5-11-20(22)21-12-6-8-14-23(21)24/h2-14,18,24-25H,15-17H2,1H3,(H,29,34)(H,30,31)(H,32,33)/t18-,25?/m0/s1. The van der Waals surface area contributed by atoms with Crippen molar-refractivity contribution in [1.29, 1.82) is 0 Å². The summed E-state index contributed by atoms with van der Waals surface area (Å²) in [4.78, 5) is 36.4. The highest BCUT2D eigenvalue weighted by Gasteiger charge is 2.29. The molecule has 1 aliphatic carbocycles. The fourth-order valence-electron chi connectivity index (χ4n) is 4.47. The number of fused-ring (bicyclic) bond motifs is 3. The van der Waals surface area contributed by atoms with E-state index in [9.17, 15) is 19.5 Å². The number of aliphatic carboxylic acids is 1. The molecule has 0 saturated heterocycles. The van der Waals surface area contributed by atoms with E-state index in [1.165, 1.54) is 0 Å². The molecule has 35 heavy (non-hydrogen) atoms. The molecule has 0 saturated carbocycles. The molecular formula is C28H28N2O5.